The van der Waals surface area contributed by atoms with Crippen molar-refractivity contribution in [1.82, 2.24) is 19.5 Å². The number of fused-ring (bicyclic) bond motifs is 10. The lowest BCUT2D eigenvalue weighted by Crippen LogP contribution is -2.01. The second-order valence-electron chi connectivity index (χ2n) is 14.0. The summed E-state index contributed by atoms with van der Waals surface area (Å²) < 4.78 is 2.45. The minimum Gasteiger partial charge on any atom is -0.309 e. The maximum atomic E-state index is 5.20. The summed E-state index contributed by atoms with van der Waals surface area (Å²) in [4.78, 5) is 15.4. The van der Waals surface area contributed by atoms with Crippen LogP contribution in [0.3, 0.4) is 0 Å². The fourth-order valence-electron chi connectivity index (χ4n) is 8.35. The second kappa shape index (κ2) is 12.6. The lowest BCUT2D eigenvalue weighted by Gasteiger charge is -2.16. The number of para-hydroxylation sites is 1. The molecular weight excluding hydrogens is 669 g/mol. The molecule has 0 saturated carbocycles. The van der Waals surface area contributed by atoms with Gasteiger partial charge in [0.1, 0.15) is 0 Å². The van der Waals surface area contributed by atoms with E-state index in [4.69, 9.17) is 15.0 Å². The molecule has 0 saturated heterocycles. The minimum absolute atomic E-state index is 0.648. The van der Waals surface area contributed by atoms with Crippen LogP contribution in [0.25, 0.3) is 105 Å². The van der Waals surface area contributed by atoms with E-state index >= 15 is 0 Å². The Morgan fingerprint density at radius 1 is 0.309 bits per heavy atom. The predicted octanol–water partition coefficient (Wildman–Crippen LogP) is 13.1. The van der Waals surface area contributed by atoms with Gasteiger partial charge in [0.05, 0.1) is 11.0 Å². The lowest BCUT2D eigenvalue weighted by molar-refractivity contribution is 1.08. The van der Waals surface area contributed by atoms with E-state index in [-0.39, 0.29) is 0 Å². The van der Waals surface area contributed by atoms with Crippen LogP contribution in [0.15, 0.2) is 194 Å². The van der Waals surface area contributed by atoms with Crippen molar-refractivity contribution < 1.29 is 0 Å². The quantitative estimate of drug-likeness (QED) is 0.168. The average Bonchev–Trinajstić information content (AvgIpc) is 3.62. The van der Waals surface area contributed by atoms with Crippen LogP contribution in [0.1, 0.15) is 0 Å². The first-order chi connectivity index (χ1) is 27.3. The van der Waals surface area contributed by atoms with Crippen LogP contribution < -0.4 is 0 Å². The Balaban J connectivity index is 1.24. The average molecular weight is 701 g/mol. The van der Waals surface area contributed by atoms with Gasteiger partial charge in [0.2, 0.25) is 0 Å². The van der Waals surface area contributed by atoms with E-state index in [0.29, 0.717) is 17.5 Å². The molecule has 0 bridgehead atoms. The van der Waals surface area contributed by atoms with Crippen molar-refractivity contribution in [2.75, 3.05) is 0 Å². The van der Waals surface area contributed by atoms with Gasteiger partial charge in [0.25, 0.3) is 0 Å². The molecule has 0 spiro atoms. The Kier molecular flexibility index (Phi) is 7.14. The summed E-state index contributed by atoms with van der Waals surface area (Å²) in [5.41, 5.74) is 8.78. The highest BCUT2D eigenvalue weighted by molar-refractivity contribution is 6.37. The zero-order valence-electron chi connectivity index (χ0n) is 29.8. The van der Waals surface area contributed by atoms with Crippen molar-refractivity contribution in [2.24, 2.45) is 0 Å². The van der Waals surface area contributed by atoms with Crippen molar-refractivity contribution >= 4 is 54.1 Å². The number of nitrogens with zero attached hydrogens (tertiary/aromatic N) is 4. The summed E-state index contributed by atoms with van der Waals surface area (Å²) in [6, 6.07) is 68.6. The number of hydrogen-bond acceptors (Lipinski definition) is 3. The molecule has 0 aliphatic heterocycles. The fourth-order valence-corrected chi connectivity index (χ4v) is 8.35. The maximum absolute atomic E-state index is 5.20. The van der Waals surface area contributed by atoms with E-state index in [1.165, 1.54) is 54.5 Å². The van der Waals surface area contributed by atoms with E-state index in [1.807, 2.05) is 36.4 Å². The topological polar surface area (TPSA) is 43.6 Å². The molecule has 4 nitrogen and oxygen atoms in total. The minimum atomic E-state index is 0.648. The zero-order valence-corrected chi connectivity index (χ0v) is 29.8. The molecule has 2 heterocycles. The van der Waals surface area contributed by atoms with E-state index in [2.05, 4.69) is 162 Å². The molecule has 0 fully saturated rings. The third-order valence-electron chi connectivity index (χ3n) is 10.8. The van der Waals surface area contributed by atoms with Crippen molar-refractivity contribution in [1.29, 1.82) is 0 Å². The number of aromatic nitrogens is 4. The van der Waals surface area contributed by atoms with Gasteiger partial charge >= 0.3 is 0 Å². The first-order valence-corrected chi connectivity index (χ1v) is 18.6. The molecule has 9 aromatic carbocycles. The first-order valence-electron chi connectivity index (χ1n) is 18.6. The Bertz CT molecular complexity index is 3170. The third kappa shape index (κ3) is 5.03. The van der Waals surface area contributed by atoms with E-state index in [9.17, 15) is 0 Å². The molecule has 0 atom stereocenters. The summed E-state index contributed by atoms with van der Waals surface area (Å²) in [6.45, 7) is 0. The van der Waals surface area contributed by atoms with Crippen molar-refractivity contribution in [3.8, 4) is 51.0 Å². The van der Waals surface area contributed by atoms with Crippen LogP contribution in [0.5, 0.6) is 0 Å². The number of rotatable bonds is 5. The van der Waals surface area contributed by atoms with Gasteiger partial charge in [-0.3, -0.25) is 0 Å². The molecule has 55 heavy (non-hydrogen) atoms. The van der Waals surface area contributed by atoms with Crippen LogP contribution in [0.2, 0.25) is 0 Å². The normalized spacial score (nSPS) is 11.6. The van der Waals surface area contributed by atoms with Gasteiger partial charge in [-0.25, -0.2) is 15.0 Å². The standard InChI is InChI=1S/C51H32N4/c1-4-16-33(17-5-1)34-28-30-37(31-29-34)55-45-27-15-14-26-42(45)47-46-40-24-12-10-22-38(40)44(32-43(46)39-23-11-13-25-41(39)48(47)55)51-53-49(35-18-6-2-7-19-35)52-50(54-51)36-20-8-3-9-21-36/h1-32H. The van der Waals surface area contributed by atoms with Crippen molar-refractivity contribution in [2.45, 2.75) is 0 Å². The van der Waals surface area contributed by atoms with Gasteiger partial charge in [-0.1, -0.05) is 170 Å². The molecule has 0 radical (unpaired) electrons. The molecule has 0 unspecified atom stereocenters. The molecule has 4 heteroatoms. The third-order valence-corrected chi connectivity index (χ3v) is 10.8. The molecule has 0 aliphatic rings. The van der Waals surface area contributed by atoms with Gasteiger partial charge < -0.3 is 4.57 Å². The molecular formula is C51H32N4. The van der Waals surface area contributed by atoms with Gasteiger partial charge in [-0.05, 0) is 56.9 Å². The smallest absolute Gasteiger partial charge is 0.164 e. The highest BCUT2D eigenvalue weighted by Crippen LogP contribution is 2.46. The van der Waals surface area contributed by atoms with Gasteiger partial charge in [-0.15, -0.1) is 0 Å². The van der Waals surface area contributed by atoms with Gasteiger partial charge in [0.15, 0.2) is 17.5 Å². The summed E-state index contributed by atoms with van der Waals surface area (Å²) >= 11 is 0. The summed E-state index contributed by atoms with van der Waals surface area (Å²) in [5.74, 6) is 1.95. The SMILES string of the molecule is c1ccc(-c2ccc(-n3c4ccccc4c4c5c6ccccc6c(-c6nc(-c7ccccc7)nc(-c7ccccc7)n6)cc5c5ccccc5c43)cc2)cc1. The first kappa shape index (κ1) is 31.1. The lowest BCUT2D eigenvalue weighted by atomic mass is 9.90. The van der Waals surface area contributed by atoms with Crippen LogP contribution in [0.4, 0.5) is 0 Å². The van der Waals surface area contributed by atoms with Crippen LogP contribution in [0, 0.1) is 0 Å². The Hall–Kier alpha value is -7.43. The molecule has 0 amide bonds. The Labute approximate surface area is 317 Å². The molecule has 2 aromatic heterocycles. The zero-order chi connectivity index (χ0) is 36.3. The van der Waals surface area contributed by atoms with Crippen molar-refractivity contribution in [3.63, 3.8) is 0 Å². The van der Waals surface area contributed by atoms with Crippen LogP contribution >= 0.6 is 0 Å². The Morgan fingerprint density at radius 2 is 0.782 bits per heavy atom. The highest BCUT2D eigenvalue weighted by atomic mass is 15.0. The molecule has 0 N–H and O–H groups in total. The largest absolute Gasteiger partial charge is 0.309 e. The summed E-state index contributed by atoms with van der Waals surface area (Å²) in [6.07, 6.45) is 0. The van der Waals surface area contributed by atoms with Crippen LogP contribution in [-0.4, -0.2) is 19.5 Å². The van der Waals surface area contributed by atoms with Crippen LogP contribution in [-0.2, 0) is 0 Å². The van der Waals surface area contributed by atoms with E-state index < -0.39 is 0 Å². The van der Waals surface area contributed by atoms with Gasteiger partial charge in [-0.2, -0.15) is 0 Å². The molecule has 11 rings (SSSR count). The Morgan fingerprint density at radius 3 is 1.42 bits per heavy atom. The number of benzene rings is 9. The fraction of sp³-hybridized carbons (Fsp3) is 0. The predicted molar refractivity (Wildman–Crippen MR) is 228 cm³/mol. The molecule has 11 aromatic rings. The number of hydrogen-bond donors (Lipinski definition) is 0. The molecule has 0 aliphatic carbocycles. The molecule has 256 valence electrons. The summed E-state index contributed by atoms with van der Waals surface area (Å²) in [5, 5.41) is 9.49. The second-order valence-corrected chi connectivity index (χ2v) is 14.0. The van der Waals surface area contributed by atoms with Gasteiger partial charge in [0, 0.05) is 43.9 Å². The summed E-state index contributed by atoms with van der Waals surface area (Å²) in [7, 11) is 0. The highest BCUT2D eigenvalue weighted by Gasteiger charge is 2.23. The monoisotopic (exact) mass is 700 g/mol. The van der Waals surface area contributed by atoms with Crippen molar-refractivity contribution in [3.05, 3.63) is 194 Å². The van der Waals surface area contributed by atoms with E-state index in [0.717, 1.165) is 33.2 Å². The van der Waals surface area contributed by atoms with E-state index in [1.54, 1.807) is 0 Å². The maximum Gasteiger partial charge on any atom is 0.164 e.